The van der Waals surface area contributed by atoms with Gasteiger partial charge in [-0.25, -0.2) is 18.7 Å². The number of benzene rings is 3. The molecule has 0 aromatic heterocycles. The maximum absolute atomic E-state index is 14.6. The molecule has 5 N–H and O–H groups in total. The van der Waals surface area contributed by atoms with Crippen molar-refractivity contribution in [1.82, 2.24) is 21.0 Å². The Labute approximate surface area is 299 Å². The van der Waals surface area contributed by atoms with Crippen molar-refractivity contribution in [3.8, 4) is 0 Å². The minimum Gasteiger partial charge on any atom is -0.385 e. The lowest BCUT2D eigenvalue weighted by Crippen LogP contribution is -2.54. The molecule has 0 radical (unpaired) electrons. The molecule has 1 fully saturated rings. The number of nitrogens with zero attached hydrogens (tertiary/aromatic N) is 1. The summed E-state index contributed by atoms with van der Waals surface area (Å²) in [4.78, 5) is 68.3. The Hall–Kier alpha value is -4.55. The molecule has 2 aliphatic heterocycles. The number of fused-ring (bicyclic) bond motifs is 1. The van der Waals surface area contributed by atoms with E-state index in [0.717, 1.165) is 42.8 Å². The molecule has 5 rings (SSSR count). The summed E-state index contributed by atoms with van der Waals surface area (Å²) in [5.74, 6) is -6.21. The van der Waals surface area contributed by atoms with Gasteiger partial charge in [0.25, 0.3) is 17.7 Å². The molecule has 2 heterocycles. The van der Waals surface area contributed by atoms with Crippen molar-refractivity contribution in [2.75, 3.05) is 36.9 Å². The molecule has 2 aliphatic rings. The zero-order chi connectivity index (χ0) is 35.8. The molecule has 1 saturated heterocycles. The van der Waals surface area contributed by atoms with Gasteiger partial charge < -0.3 is 16.0 Å². The molecule has 3 aromatic carbocycles. The molecule has 0 saturated carbocycles. The van der Waals surface area contributed by atoms with Crippen LogP contribution in [0.2, 0.25) is 0 Å². The number of anilines is 3. The second-order valence-electron chi connectivity index (χ2n) is 11.6. The lowest BCUT2D eigenvalue weighted by molar-refractivity contribution is -0.136. The Balaban J connectivity index is 0.951. The molecule has 5 amide bonds. The smallest absolute Gasteiger partial charge is 0.277 e. The third kappa shape index (κ3) is 8.78. The predicted octanol–water partition coefficient (Wildman–Crippen LogP) is 4.78. The normalized spacial score (nSPS) is 15.6. The highest BCUT2D eigenvalue weighted by Gasteiger charge is 2.44. The SMILES string of the molecule is O=C1CCC(N2C(=O)c3ccc(NCCCCCNCCCONC(=O)c4ccc(F)c(F)c4Nc4ccc(I)cc4F)cc3C2=O)C(=O)N1. The molecule has 16 heteroatoms. The fourth-order valence-corrected chi connectivity index (χ4v) is 5.97. The van der Waals surface area contributed by atoms with Crippen LogP contribution in [0.3, 0.4) is 0 Å². The molecule has 0 bridgehead atoms. The maximum Gasteiger partial charge on any atom is 0.277 e. The van der Waals surface area contributed by atoms with Gasteiger partial charge in [0.2, 0.25) is 11.8 Å². The molecule has 12 nitrogen and oxygen atoms in total. The number of hydroxylamine groups is 1. The van der Waals surface area contributed by atoms with Gasteiger partial charge in [-0.15, -0.1) is 0 Å². The Morgan fingerprint density at radius 3 is 2.42 bits per heavy atom. The third-order valence-corrected chi connectivity index (χ3v) is 8.77. The van der Waals surface area contributed by atoms with Crippen molar-refractivity contribution in [2.45, 2.75) is 44.6 Å². The maximum atomic E-state index is 14.6. The van der Waals surface area contributed by atoms with E-state index in [0.29, 0.717) is 28.8 Å². The average Bonchev–Trinajstić information content (AvgIpc) is 3.33. The van der Waals surface area contributed by atoms with Gasteiger partial charge in [0.1, 0.15) is 11.9 Å². The van der Waals surface area contributed by atoms with Crippen LogP contribution >= 0.6 is 22.6 Å². The van der Waals surface area contributed by atoms with E-state index in [-0.39, 0.29) is 41.8 Å². The standard InChI is InChI=1S/C34H34F3IN6O6/c35-24-9-8-22(30(29(24)37)41-26-10-5-19(38)17-25(26)36)31(46)43-50-16-4-14-39-13-2-1-3-15-40-20-6-7-21-23(18-20)34(49)44(33(21)48)27-11-12-28(45)42-32(27)47/h5-10,17-18,27,39-41H,1-4,11-16H2,(H,43,46)(H,42,45,47). The first kappa shape index (κ1) is 36.7. The summed E-state index contributed by atoms with van der Waals surface area (Å²) >= 11 is 1.91. The number of piperidine rings is 1. The lowest BCUT2D eigenvalue weighted by Gasteiger charge is -2.27. The number of unbranched alkanes of at least 4 members (excludes halogenated alkanes) is 2. The van der Waals surface area contributed by atoms with E-state index in [1.54, 1.807) is 24.3 Å². The third-order valence-electron chi connectivity index (χ3n) is 8.09. The number of rotatable bonds is 16. The van der Waals surface area contributed by atoms with Crippen molar-refractivity contribution in [1.29, 1.82) is 0 Å². The van der Waals surface area contributed by atoms with Gasteiger partial charge in [-0.3, -0.25) is 39.0 Å². The zero-order valence-corrected chi connectivity index (χ0v) is 28.8. The Bertz CT molecular complexity index is 1810. The summed E-state index contributed by atoms with van der Waals surface area (Å²) < 4.78 is 43.4. The van der Waals surface area contributed by atoms with Crippen molar-refractivity contribution in [3.63, 3.8) is 0 Å². The van der Waals surface area contributed by atoms with E-state index in [9.17, 15) is 37.1 Å². The summed E-state index contributed by atoms with van der Waals surface area (Å²) in [6.45, 7) is 2.15. The van der Waals surface area contributed by atoms with Crippen LogP contribution in [-0.2, 0) is 14.4 Å². The molecule has 0 aliphatic carbocycles. The van der Waals surface area contributed by atoms with Gasteiger partial charge in [0.05, 0.1) is 34.7 Å². The monoisotopic (exact) mass is 806 g/mol. The number of amides is 5. The van der Waals surface area contributed by atoms with Crippen molar-refractivity contribution in [3.05, 3.63) is 86.2 Å². The minimum atomic E-state index is -1.33. The van der Waals surface area contributed by atoms with E-state index in [1.165, 1.54) is 12.1 Å². The first-order chi connectivity index (χ1) is 24.0. The van der Waals surface area contributed by atoms with E-state index in [4.69, 9.17) is 4.84 Å². The van der Waals surface area contributed by atoms with Crippen molar-refractivity contribution in [2.24, 2.45) is 0 Å². The van der Waals surface area contributed by atoms with Crippen molar-refractivity contribution >= 4 is 69.2 Å². The highest BCUT2D eigenvalue weighted by molar-refractivity contribution is 14.1. The van der Waals surface area contributed by atoms with Gasteiger partial charge in [0.15, 0.2) is 11.6 Å². The van der Waals surface area contributed by atoms with E-state index < -0.39 is 58.7 Å². The summed E-state index contributed by atoms with van der Waals surface area (Å²) in [7, 11) is 0. The van der Waals surface area contributed by atoms with Crippen molar-refractivity contribution < 1.29 is 42.0 Å². The number of nitrogens with one attached hydrogen (secondary N) is 5. The number of hydrogen-bond donors (Lipinski definition) is 5. The Kier molecular flexibility index (Phi) is 12.4. The van der Waals surface area contributed by atoms with Gasteiger partial charge in [-0.2, -0.15) is 0 Å². The fourth-order valence-electron chi connectivity index (χ4n) is 5.52. The topological polar surface area (TPSA) is 158 Å². The van der Waals surface area contributed by atoms with Crippen LogP contribution in [0, 0.1) is 21.0 Å². The number of imide groups is 2. The fraction of sp³-hybridized carbons (Fsp3) is 0.324. The second kappa shape index (κ2) is 16.9. The van der Waals surface area contributed by atoms with Gasteiger partial charge in [-0.1, -0.05) is 6.42 Å². The van der Waals surface area contributed by atoms with Gasteiger partial charge in [-0.05, 0) is 110 Å². The Morgan fingerprint density at radius 2 is 1.64 bits per heavy atom. The minimum absolute atomic E-state index is 0.0601. The molecule has 264 valence electrons. The van der Waals surface area contributed by atoms with Crippen LogP contribution in [0.15, 0.2) is 48.5 Å². The Morgan fingerprint density at radius 1 is 0.880 bits per heavy atom. The van der Waals surface area contributed by atoms with E-state index in [1.807, 2.05) is 22.6 Å². The van der Waals surface area contributed by atoms with Crippen LogP contribution in [0.1, 0.15) is 69.6 Å². The van der Waals surface area contributed by atoms with Crippen LogP contribution in [-0.4, -0.2) is 66.7 Å². The summed E-state index contributed by atoms with van der Waals surface area (Å²) in [5.41, 5.74) is 2.44. The number of carbonyl (C=O) groups excluding carboxylic acids is 5. The summed E-state index contributed by atoms with van der Waals surface area (Å²) in [6.07, 6.45) is 3.37. The largest absolute Gasteiger partial charge is 0.385 e. The molecule has 1 unspecified atom stereocenters. The molecule has 1 atom stereocenters. The van der Waals surface area contributed by atoms with Gasteiger partial charge >= 0.3 is 0 Å². The molecule has 3 aromatic rings. The summed E-state index contributed by atoms with van der Waals surface area (Å²) in [5, 5.41) is 11.2. The van der Waals surface area contributed by atoms with E-state index >= 15 is 0 Å². The first-order valence-corrected chi connectivity index (χ1v) is 17.1. The van der Waals surface area contributed by atoms with Crippen LogP contribution < -0.4 is 26.7 Å². The zero-order valence-electron chi connectivity index (χ0n) is 26.7. The number of carbonyl (C=O) groups is 5. The lowest BCUT2D eigenvalue weighted by atomic mass is 10.0. The quantitative estimate of drug-likeness (QED) is 0.0595. The highest BCUT2D eigenvalue weighted by atomic mass is 127. The number of halogens is 4. The van der Waals surface area contributed by atoms with Crippen LogP contribution in [0.5, 0.6) is 0 Å². The summed E-state index contributed by atoms with van der Waals surface area (Å²) in [6, 6.07) is 9.90. The average molecular weight is 807 g/mol. The molecule has 50 heavy (non-hydrogen) atoms. The predicted molar refractivity (Wildman–Crippen MR) is 185 cm³/mol. The number of hydrogen-bond acceptors (Lipinski definition) is 9. The molecular weight excluding hydrogens is 772 g/mol. The van der Waals surface area contributed by atoms with Crippen LogP contribution in [0.4, 0.5) is 30.2 Å². The molecular formula is C34H34F3IN6O6. The molecule has 0 spiro atoms. The highest BCUT2D eigenvalue weighted by Crippen LogP contribution is 2.30. The van der Waals surface area contributed by atoms with Crippen LogP contribution in [0.25, 0.3) is 0 Å². The first-order valence-electron chi connectivity index (χ1n) is 16.0. The van der Waals surface area contributed by atoms with E-state index in [2.05, 4.69) is 26.7 Å². The second-order valence-corrected chi connectivity index (χ2v) is 12.9. The van der Waals surface area contributed by atoms with Gasteiger partial charge in [0, 0.05) is 22.2 Å².